The zero-order valence-corrected chi connectivity index (χ0v) is 12.6. The second-order valence-corrected chi connectivity index (χ2v) is 5.57. The lowest BCUT2D eigenvalue weighted by Crippen LogP contribution is -2.40. The van der Waals surface area contributed by atoms with Gasteiger partial charge in [0.25, 0.3) is 0 Å². The van der Waals surface area contributed by atoms with E-state index in [1.165, 1.54) is 0 Å². The Morgan fingerprint density at radius 3 is 2.35 bits per heavy atom. The van der Waals surface area contributed by atoms with Crippen molar-refractivity contribution in [1.29, 1.82) is 0 Å². The number of ketones is 1. The molecular weight excluding hydrogens is 286 g/mol. The third-order valence-corrected chi connectivity index (χ3v) is 2.61. The predicted molar refractivity (Wildman–Crippen MR) is 71.5 cm³/mol. The van der Waals surface area contributed by atoms with E-state index in [-0.39, 0.29) is 11.8 Å². The highest BCUT2D eigenvalue weighted by atomic mass is 79.9. The van der Waals surface area contributed by atoms with Gasteiger partial charge >= 0.3 is 6.09 Å². The van der Waals surface area contributed by atoms with Crippen LogP contribution in [0.25, 0.3) is 0 Å². The Bertz CT molecular complexity index is 261. The van der Waals surface area contributed by atoms with E-state index in [9.17, 15) is 9.59 Å². The number of alkyl halides is 1. The number of rotatable bonds is 6. The van der Waals surface area contributed by atoms with E-state index >= 15 is 0 Å². The summed E-state index contributed by atoms with van der Waals surface area (Å²) in [6.07, 6.45) is 1.57. The Morgan fingerprint density at radius 1 is 1.35 bits per heavy atom. The lowest BCUT2D eigenvalue weighted by atomic mass is 10.1. The molecule has 1 atom stereocenters. The molecule has 0 heterocycles. The topological polar surface area (TPSA) is 55.4 Å². The Labute approximate surface area is 112 Å². The van der Waals surface area contributed by atoms with Gasteiger partial charge < -0.3 is 10.1 Å². The number of nitrogens with one attached hydrogen (secondary N) is 1. The van der Waals surface area contributed by atoms with E-state index in [0.29, 0.717) is 11.8 Å². The van der Waals surface area contributed by atoms with Crippen LogP contribution in [-0.2, 0) is 9.53 Å². The number of carbonyl (C=O) groups excluding carboxylic acids is 2. The minimum atomic E-state index is -0.514. The molecule has 0 saturated heterocycles. The molecule has 1 N–H and O–H groups in total. The molecular formula is C12H22BrNO3. The molecule has 0 bridgehead atoms. The molecule has 5 heteroatoms. The summed E-state index contributed by atoms with van der Waals surface area (Å²) in [7, 11) is 0. The molecule has 4 nitrogen and oxygen atoms in total. The van der Waals surface area contributed by atoms with E-state index in [4.69, 9.17) is 4.74 Å². The second kappa shape index (κ2) is 7.69. The van der Waals surface area contributed by atoms with Crippen LogP contribution in [-0.4, -0.2) is 28.8 Å². The summed E-state index contributed by atoms with van der Waals surface area (Å²) in [4.78, 5) is 22.9. The normalized spacial score (nSPS) is 13.0. The van der Waals surface area contributed by atoms with Crippen LogP contribution in [0.2, 0.25) is 0 Å². The van der Waals surface area contributed by atoms with E-state index < -0.39 is 11.7 Å². The van der Waals surface area contributed by atoms with Gasteiger partial charge in [-0.05, 0) is 27.2 Å². The first-order chi connectivity index (χ1) is 7.78. The number of amides is 1. The van der Waals surface area contributed by atoms with Gasteiger partial charge in [0.05, 0.1) is 5.33 Å². The summed E-state index contributed by atoms with van der Waals surface area (Å²) >= 11 is 3.12. The first-order valence-corrected chi connectivity index (χ1v) is 6.97. The summed E-state index contributed by atoms with van der Waals surface area (Å²) in [6.45, 7) is 7.45. The SMILES string of the molecule is CCCC(CC(=O)CBr)NC(=O)OC(C)(C)C. The van der Waals surface area contributed by atoms with Gasteiger partial charge in [0.15, 0.2) is 0 Å². The molecule has 0 aromatic heterocycles. The highest BCUT2D eigenvalue weighted by molar-refractivity contribution is 9.09. The lowest BCUT2D eigenvalue weighted by Gasteiger charge is -2.23. The summed E-state index contributed by atoms with van der Waals surface area (Å²) in [6, 6.07) is -0.139. The Hall–Kier alpha value is -0.580. The maximum absolute atomic E-state index is 11.6. The predicted octanol–water partition coefficient (Wildman–Crippen LogP) is 3.03. The smallest absolute Gasteiger partial charge is 0.407 e. The molecule has 0 aromatic carbocycles. The largest absolute Gasteiger partial charge is 0.444 e. The minimum Gasteiger partial charge on any atom is -0.444 e. The summed E-state index contributed by atoms with van der Waals surface area (Å²) < 4.78 is 5.16. The van der Waals surface area contributed by atoms with Crippen molar-refractivity contribution in [3.05, 3.63) is 0 Å². The Balaban J connectivity index is 4.24. The van der Waals surface area contributed by atoms with Crippen molar-refractivity contribution < 1.29 is 14.3 Å². The van der Waals surface area contributed by atoms with Gasteiger partial charge in [-0.15, -0.1) is 0 Å². The molecule has 0 spiro atoms. The number of halogens is 1. The Morgan fingerprint density at radius 2 is 1.94 bits per heavy atom. The average molecular weight is 308 g/mol. The van der Waals surface area contributed by atoms with Crippen LogP contribution in [0, 0.1) is 0 Å². The van der Waals surface area contributed by atoms with E-state index in [1.807, 2.05) is 27.7 Å². The maximum atomic E-state index is 11.6. The first-order valence-electron chi connectivity index (χ1n) is 5.85. The molecule has 0 rings (SSSR count). The highest BCUT2D eigenvalue weighted by Crippen LogP contribution is 2.09. The fourth-order valence-corrected chi connectivity index (χ4v) is 1.61. The number of Topliss-reactive ketones (excluding diaryl/α,β-unsaturated/α-hetero) is 1. The van der Waals surface area contributed by atoms with Crippen LogP contribution in [0.1, 0.15) is 47.0 Å². The van der Waals surface area contributed by atoms with Crippen LogP contribution < -0.4 is 5.32 Å². The molecule has 1 amide bonds. The number of carbonyl (C=O) groups is 2. The van der Waals surface area contributed by atoms with Crippen LogP contribution >= 0.6 is 15.9 Å². The quantitative estimate of drug-likeness (QED) is 0.767. The van der Waals surface area contributed by atoms with Crippen molar-refractivity contribution >= 4 is 27.8 Å². The van der Waals surface area contributed by atoms with Crippen molar-refractivity contribution in [2.75, 3.05) is 5.33 Å². The van der Waals surface area contributed by atoms with Crippen molar-refractivity contribution in [3.63, 3.8) is 0 Å². The van der Waals surface area contributed by atoms with Gasteiger partial charge in [-0.2, -0.15) is 0 Å². The third-order valence-electron chi connectivity index (χ3n) is 1.98. The van der Waals surface area contributed by atoms with Gasteiger partial charge in [-0.1, -0.05) is 29.3 Å². The van der Waals surface area contributed by atoms with Crippen LogP contribution in [0.4, 0.5) is 4.79 Å². The third kappa shape index (κ3) is 9.15. The Kier molecular flexibility index (Phi) is 7.43. The van der Waals surface area contributed by atoms with Gasteiger partial charge in [-0.3, -0.25) is 4.79 Å². The summed E-state index contributed by atoms with van der Waals surface area (Å²) in [5, 5.41) is 3.06. The van der Waals surface area contributed by atoms with Gasteiger partial charge in [0.2, 0.25) is 0 Å². The zero-order valence-electron chi connectivity index (χ0n) is 11.0. The van der Waals surface area contributed by atoms with Crippen molar-refractivity contribution in [1.82, 2.24) is 5.32 Å². The van der Waals surface area contributed by atoms with E-state index in [1.54, 1.807) is 0 Å². The zero-order chi connectivity index (χ0) is 13.5. The molecule has 0 aliphatic rings. The fourth-order valence-electron chi connectivity index (χ4n) is 1.38. The van der Waals surface area contributed by atoms with Gasteiger partial charge in [0, 0.05) is 12.5 Å². The van der Waals surface area contributed by atoms with Crippen LogP contribution in [0.3, 0.4) is 0 Å². The molecule has 0 aliphatic heterocycles. The molecule has 17 heavy (non-hydrogen) atoms. The lowest BCUT2D eigenvalue weighted by molar-refractivity contribution is -0.117. The van der Waals surface area contributed by atoms with Crippen molar-refractivity contribution in [2.24, 2.45) is 0 Å². The number of alkyl carbamates (subject to hydrolysis) is 1. The molecule has 0 fully saturated rings. The van der Waals surface area contributed by atoms with Gasteiger partial charge in [0.1, 0.15) is 11.4 Å². The molecule has 0 saturated carbocycles. The molecule has 0 radical (unpaired) electrons. The minimum absolute atomic E-state index is 0.0829. The summed E-state index contributed by atoms with van der Waals surface area (Å²) in [5.74, 6) is 0.0829. The molecule has 1 unspecified atom stereocenters. The summed E-state index contributed by atoms with van der Waals surface area (Å²) in [5.41, 5.74) is -0.514. The number of hydrogen-bond acceptors (Lipinski definition) is 3. The number of ether oxygens (including phenoxy) is 1. The molecule has 100 valence electrons. The van der Waals surface area contributed by atoms with E-state index in [0.717, 1.165) is 12.8 Å². The average Bonchev–Trinajstić information content (AvgIpc) is 2.14. The highest BCUT2D eigenvalue weighted by Gasteiger charge is 2.20. The monoisotopic (exact) mass is 307 g/mol. The molecule has 0 aliphatic carbocycles. The van der Waals surface area contributed by atoms with Crippen molar-refractivity contribution in [2.45, 2.75) is 58.6 Å². The second-order valence-electron chi connectivity index (χ2n) is 5.01. The van der Waals surface area contributed by atoms with Gasteiger partial charge in [-0.25, -0.2) is 4.79 Å². The first kappa shape index (κ1) is 16.4. The van der Waals surface area contributed by atoms with Crippen LogP contribution in [0.15, 0.2) is 0 Å². The maximum Gasteiger partial charge on any atom is 0.407 e. The molecule has 0 aromatic rings. The fraction of sp³-hybridized carbons (Fsp3) is 0.833. The standard InChI is InChI=1S/C12H22BrNO3/c1-5-6-9(7-10(15)8-13)14-11(16)17-12(2,3)4/h9H,5-8H2,1-4H3,(H,14,16). The van der Waals surface area contributed by atoms with Crippen LogP contribution in [0.5, 0.6) is 0 Å². The van der Waals surface area contributed by atoms with Crippen molar-refractivity contribution in [3.8, 4) is 0 Å². The number of hydrogen-bond donors (Lipinski definition) is 1. The van der Waals surface area contributed by atoms with E-state index in [2.05, 4.69) is 21.2 Å².